The van der Waals surface area contributed by atoms with Crippen LogP contribution < -0.4 is 0 Å². The van der Waals surface area contributed by atoms with Crippen LogP contribution in [-0.2, 0) is 4.74 Å². The Morgan fingerprint density at radius 2 is 0.863 bits per heavy atom. The third-order valence-corrected chi connectivity index (χ3v) is 8.70. The highest BCUT2D eigenvalue weighted by Crippen LogP contribution is 2.31. The molecule has 0 spiro atoms. The molecule has 8 heteroatoms. The van der Waals surface area contributed by atoms with E-state index in [2.05, 4.69) is 68.5 Å². The Hall–Kier alpha value is -6.80. The van der Waals surface area contributed by atoms with Crippen molar-refractivity contribution in [3.63, 3.8) is 0 Å². The number of carbonyl (C=O) groups is 2. The lowest BCUT2D eigenvalue weighted by Gasteiger charge is -2.08. The average Bonchev–Trinajstić information content (AvgIpc) is 3.75. The summed E-state index contributed by atoms with van der Waals surface area (Å²) in [7, 11) is 1.38. The fourth-order valence-corrected chi connectivity index (χ4v) is 6.21. The van der Waals surface area contributed by atoms with Crippen molar-refractivity contribution < 1.29 is 19.4 Å². The molecule has 0 aliphatic carbocycles. The van der Waals surface area contributed by atoms with Gasteiger partial charge in [0.15, 0.2) is 0 Å². The van der Waals surface area contributed by atoms with E-state index in [1.54, 1.807) is 6.07 Å². The molecule has 0 saturated heterocycles. The minimum atomic E-state index is -0.973. The lowest BCUT2D eigenvalue weighted by Crippen LogP contribution is -2.02. The number of nitrogens with zero attached hydrogens (tertiary/aromatic N) is 2. The third-order valence-electron chi connectivity index (χ3n) is 8.70. The summed E-state index contributed by atoms with van der Waals surface area (Å²) in [6.45, 7) is 3.69. The number of aromatic amines is 2. The van der Waals surface area contributed by atoms with Crippen molar-refractivity contribution in [2.75, 3.05) is 7.11 Å². The monoisotopic (exact) mass is 670 g/mol. The molecule has 250 valence electrons. The molecule has 0 atom stereocenters. The molecule has 0 radical (unpaired) electrons. The molecule has 0 fully saturated rings. The zero-order chi connectivity index (χ0) is 35.5. The van der Waals surface area contributed by atoms with E-state index in [0.29, 0.717) is 22.4 Å². The standard InChI is InChI=1S/C22H18N2O2.C21H16N2O2/c1-14-23-20-13-18(12-19(21(20)24-14)22(25)26-2)17-10-8-16(9-11-17)15-6-4-3-5-7-15;1-13-22-19-12-17(11-18(21(24)25)20(19)23-13)16-9-7-15(8-10-16)14-5-3-2-4-6-14/h3-13H,1-2H3,(H,23,24);2-12H,1H3,(H,22,23)(H,24,25). The van der Waals surface area contributed by atoms with E-state index in [9.17, 15) is 14.7 Å². The second kappa shape index (κ2) is 14.0. The van der Waals surface area contributed by atoms with Crippen LogP contribution in [0.2, 0.25) is 0 Å². The number of imidazole rings is 2. The number of carboxylic acids is 1. The van der Waals surface area contributed by atoms with Crippen LogP contribution in [0.1, 0.15) is 32.4 Å². The highest BCUT2D eigenvalue weighted by Gasteiger charge is 2.17. The third kappa shape index (κ3) is 6.89. The first kappa shape index (κ1) is 32.7. The number of nitrogens with one attached hydrogen (secondary N) is 2. The van der Waals surface area contributed by atoms with E-state index in [1.165, 1.54) is 12.7 Å². The van der Waals surface area contributed by atoms with Crippen LogP contribution in [0.15, 0.2) is 133 Å². The Morgan fingerprint density at radius 1 is 0.510 bits per heavy atom. The van der Waals surface area contributed by atoms with Gasteiger partial charge in [-0.05, 0) is 82.6 Å². The summed E-state index contributed by atoms with van der Waals surface area (Å²) < 4.78 is 4.93. The van der Waals surface area contributed by atoms with Crippen molar-refractivity contribution in [2.45, 2.75) is 13.8 Å². The number of fused-ring (bicyclic) bond motifs is 2. The predicted molar refractivity (Wildman–Crippen MR) is 202 cm³/mol. The molecule has 0 saturated carbocycles. The number of carboxylic acid groups (broad SMARTS) is 1. The second-order valence-electron chi connectivity index (χ2n) is 12.2. The van der Waals surface area contributed by atoms with Gasteiger partial charge in [-0.25, -0.2) is 19.6 Å². The Labute approximate surface area is 294 Å². The molecule has 0 aliphatic heterocycles. The number of carbonyl (C=O) groups excluding carboxylic acids is 1. The van der Waals surface area contributed by atoms with Gasteiger partial charge >= 0.3 is 11.9 Å². The number of aryl methyl sites for hydroxylation is 2. The Morgan fingerprint density at radius 3 is 1.25 bits per heavy atom. The molecular formula is C43H34N4O4. The van der Waals surface area contributed by atoms with Gasteiger partial charge in [-0.3, -0.25) is 0 Å². The van der Waals surface area contributed by atoms with Gasteiger partial charge in [-0.2, -0.15) is 0 Å². The van der Waals surface area contributed by atoms with Gasteiger partial charge in [0.05, 0.1) is 29.3 Å². The topological polar surface area (TPSA) is 121 Å². The Bertz CT molecular complexity index is 2500. The van der Waals surface area contributed by atoms with Gasteiger partial charge < -0.3 is 19.8 Å². The number of ether oxygens (including phenoxy) is 1. The molecule has 6 aromatic carbocycles. The number of aromatic carboxylic acids is 1. The molecule has 0 unspecified atom stereocenters. The van der Waals surface area contributed by atoms with Gasteiger partial charge in [0.1, 0.15) is 22.7 Å². The highest BCUT2D eigenvalue weighted by molar-refractivity contribution is 6.04. The van der Waals surface area contributed by atoms with E-state index >= 15 is 0 Å². The van der Waals surface area contributed by atoms with Crippen molar-refractivity contribution in [3.05, 3.63) is 156 Å². The molecule has 8 nitrogen and oxygen atoms in total. The maximum absolute atomic E-state index is 12.2. The average molecular weight is 671 g/mol. The number of H-pyrrole nitrogens is 2. The van der Waals surface area contributed by atoms with Crippen LogP contribution >= 0.6 is 0 Å². The normalized spacial score (nSPS) is 10.9. The SMILES string of the molecule is COC(=O)c1cc(-c2ccc(-c3ccccc3)cc2)cc2[nH]c(C)nc12.Cc1nc2c(C(=O)O)cc(-c3ccc(-c4ccccc4)cc3)cc2[nH]1. The first-order valence-corrected chi connectivity index (χ1v) is 16.4. The first-order valence-electron chi connectivity index (χ1n) is 16.4. The fraction of sp³-hybridized carbons (Fsp3) is 0.0698. The number of esters is 1. The van der Waals surface area contributed by atoms with Gasteiger partial charge in [-0.15, -0.1) is 0 Å². The van der Waals surface area contributed by atoms with E-state index in [1.807, 2.05) is 92.7 Å². The minimum absolute atomic E-state index is 0.212. The zero-order valence-electron chi connectivity index (χ0n) is 28.3. The van der Waals surface area contributed by atoms with Crippen LogP contribution in [0.3, 0.4) is 0 Å². The summed E-state index contributed by atoms with van der Waals surface area (Å²) >= 11 is 0. The van der Waals surface area contributed by atoms with Crippen LogP contribution in [-0.4, -0.2) is 44.1 Å². The van der Waals surface area contributed by atoms with Gasteiger partial charge in [-0.1, -0.05) is 109 Å². The second-order valence-corrected chi connectivity index (χ2v) is 12.2. The fourth-order valence-electron chi connectivity index (χ4n) is 6.21. The summed E-state index contributed by atoms with van der Waals surface area (Å²) in [5, 5.41) is 9.50. The maximum Gasteiger partial charge on any atom is 0.340 e. The molecule has 8 aromatic rings. The van der Waals surface area contributed by atoms with Crippen LogP contribution in [0.4, 0.5) is 0 Å². The Balaban J connectivity index is 0.000000159. The van der Waals surface area contributed by atoms with Gasteiger partial charge in [0.2, 0.25) is 0 Å². The number of methoxy groups -OCH3 is 1. The van der Waals surface area contributed by atoms with Crippen LogP contribution in [0.5, 0.6) is 0 Å². The summed E-state index contributed by atoms with van der Waals surface area (Å²) in [6.07, 6.45) is 0. The minimum Gasteiger partial charge on any atom is -0.478 e. The summed E-state index contributed by atoms with van der Waals surface area (Å²) in [4.78, 5) is 38.8. The smallest absolute Gasteiger partial charge is 0.340 e. The molecule has 51 heavy (non-hydrogen) atoms. The molecule has 0 bridgehead atoms. The summed E-state index contributed by atoms with van der Waals surface area (Å²) in [5.41, 5.74) is 11.8. The first-order chi connectivity index (χ1) is 24.8. The molecular weight excluding hydrogens is 636 g/mol. The van der Waals surface area contributed by atoms with Crippen LogP contribution in [0, 0.1) is 13.8 Å². The highest BCUT2D eigenvalue weighted by atomic mass is 16.5. The molecule has 3 N–H and O–H groups in total. The summed E-state index contributed by atoms with van der Waals surface area (Å²) in [5.74, 6) is 0.110. The largest absolute Gasteiger partial charge is 0.478 e. The predicted octanol–water partition coefficient (Wildman–Crippen LogP) is 9.90. The summed E-state index contributed by atoms with van der Waals surface area (Å²) in [6, 6.07) is 44.3. The lowest BCUT2D eigenvalue weighted by molar-refractivity contribution is 0.0602. The quantitative estimate of drug-likeness (QED) is 0.151. The van der Waals surface area contributed by atoms with E-state index < -0.39 is 5.97 Å². The van der Waals surface area contributed by atoms with Crippen molar-refractivity contribution in [1.82, 2.24) is 19.9 Å². The van der Waals surface area contributed by atoms with Crippen LogP contribution in [0.25, 0.3) is 66.6 Å². The van der Waals surface area contributed by atoms with Crippen molar-refractivity contribution in [3.8, 4) is 44.5 Å². The van der Waals surface area contributed by atoms with Gasteiger partial charge in [0.25, 0.3) is 0 Å². The number of hydrogen-bond acceptors (Lipinski definition) is 5. The number of hydrogen-bond donors (Lipinski definition) is 3. The zero-order valence-corrected chi connectivity index (χ0v) is 28.3. The number of benzene rings is 6. The van der Waals surface area contributed by atoms with Crippen molar-refractivity contribution in [2.24, 2.45) is 0 Å². The van der Waals surface area contributed by atoms with E-state index in [4.69, 9.17) is 4.74 Å². The van der Waals surface area contributed by atoms with E-state index in [-0.39, 0.29) is 11.5 Å². The van der Waals surface area contributed by atoms with E-state index in [0.717, 1.165) is 55.8 Å². The molecule has 2 aromatic heterocycles. The van der Waals surface area contributed by atoms with Gasteiger partial charge in [0, 0.05) is 0 Å². The lowest BCUT2D eigenvalue weighted by atomic mass is 9.98. The van der Waals surface area contributed by atoms with Crippen molar-refractivity contribution in [1.29, 1.82) is 0 Å². The molecule has 8 rings (SSSR count). The molecule has 0 aliphatic rings. The maximum atomic E-state index is 12.2. The number of aromatic nitrogens is 4. The number of rotatable bonds is 6. The Kier molecular flexibility index (Phi) is 8.97. The van der Waals surface area contributed by atoms with Crippen molar-refractivity contribution >= 4 is 34.0 Å². The molecule has 2 heterocycles. The molecule has 0 amide bonds.